The van der Waals surface area contributed by atoms with E-state index >= 15 is 0 Å². The van der Waals surface area contributed by atoms with Crippen LogP contribution in [0.2, 0.25) is 0 Å². The Balaban J connectivity index is 1.94. The minimum atomic E-state index is 0.761. The average Bonchev–Trinajstić information content (AvgIpc) is 2.62. The number of aryl methyl sites for hydroxylation is 1. The van der Waals surface area contributed by atoms with Gasteiger partial charge in [-0.25, -0.2) is 0 Å². The van der Waals surface area contributed by atoms with E-state index in [0.717, 1.165) is 37.0 Å². The van der Waals surface area contributed by atoms with Gasteiger partial charge in [-0.3, -0.25) is 0 Å². The van der Waals surface area contributed by atoms with Crippen molar-refractivity contribution in [1.82, 2.24) is 0 Å². The lowest BCUT2D eigenvalue weighted by molar-refractivity contribution is 0.303. The van der Waals surface area contributed by atoms with Crippen molar-refractivity contribution in [2.45, 2.75) is 84.0 Å². The molecule has 2 rings (SSSR count). The highest BCUT2D eigenvalue weighted by Crippen LogP contribution is 2.39. The fourth-order valence-electron chi connectivity index (χ4n) is 4.01. The first-order chi connectivity index (χ1) is 11.8. The molecule has 0 aromatic heterocycles. The second kappa shape index (κ2) is 10.6. The second-order valence-corrected chi connectivity index (χ2v) is 7.40. The minimum Gasteiger partial charge on any atom is -0.493 e. The van der Waals surface area contributed by atoms with E-state index in [4.69, 9.17) is 4.74 Å². The molecule has 0 spiro atoms. The molecule has 0 atom stereocenters. The van der Waals surface area contributed by atoms with Crippen LogP contribution in [0.4, 0.5) is 0 Å². The zero-order chi connectivity index (χ0) is 17.2. The smallest absolute Gasteiger partial charge is 0.122 e. The number of hydrogen-bond donors (Lipinski definition) is 0. The van der Waals surface area contributed by atoms with Gasteiger partial charge in [-0.05, 0) is 80.4 Å². The summed E-state index contributed by atoms with van der Waals surface area (Å²) in [5.41, 5.74) is 2.96. The Bertz CT molecular complexity index is 483. The lowest BCUT2D eigenvalue weighted by Gasteiger charge is -2.29. The van der Waals surface area contributed by atoms with Crippen molar-refractivity contribution >= 4 is 0 Å². The summed E-state index contributed by atoms with van der Waals surface area (Å²) in [6, 6.07) is 7.00. The highest BCUT2D eigenvalue weighted by Gasteiger charge is 2.22. The predicted octanol–water partition coefficient (Wildman–Crippen LogP) is 7.06. The molecule has 1 fully saturated rings. The molecule has 1 aliphatic rings. The van der Waals surface area contributed by atoms with Gasteiger partial charge in [-0.15, -0.1) is 6.58 Å². The maximum Gasteiger partial charge on any atom is 0.122 e. The third-order valence-electron chi connectivity index (χ3n) is 5.40. The van der Waals surface area contributed by atoms with Crippen molar-refractivity contribution in [3.8, 4) is 5.75 Å². The molecule has 0 unspecified atom stereocenters. The van der Waals surface area contributed by atoms with Crippen LogP contribution in [0, 0.1) is 5.92 Å². The lowest BCUT2D eigenvalue weighted by Crippen LogP contribution is -2.13. The normalized spacial score (nSPS) is 20.8. The Hall–Kier alpha value is -1.24. The van der Waals surface area contributed by atoms with Gasteiger partial charge in [0.1, 0.15) is 5.75 Å². The van der Waals surface area contributed by atoms with Crippen LogP contribution in [-0.2, 0) is 6.42 Å². The van der Waals surface area contributed by atoms with E-state index in [1.807, 2.05) is 0 Å². The van der Waals surface area contributed by atoms with Gasteiger partial charge < -0.3 is 4.74 Å². The zero-order valence-electron chi connectivity index (χ0n) is 15.9. The van der Waals surface area contributed by atoms with Gasteiger partial charge >= 0.3 is 0 Å². The summed E-state index contributed by atoms with van der Waals surface area (Å²) in [4.78, 5) is 0. The molecule has 0 heterocycles. The van der Waals surface area contributed by atoms with Crippen molar-refractivity contribution < 1.29 is 4.74 Å². The monoisotopic (exact) mass is 328 g/mol. The first kappa shape index (κ1) is 19.1. The van der Waals surface area contributed by atoms with E-state index in [1.54, 1.807) is 5.56 Å². The summed E-state index contributed by atoms with van der Waals surface area (Å²) < 4.78 is 5.95. The summed E-state index contributed by atoms with van der Waals surface area (Å²) in [5.74, 6) is 2.82. The Morgan fingerprint density at radius 1 is 1.12 bits per heavy atom. The molecule has 1 heteroatoms. The van der Waals surface area contributed by atoms with Crippen LogP contribution in [-0.4, -0.2) is 6.61 Å². The van der Waals surface area contributed by atoms with Crippen LogP contribution in [0.5, 0.6) is 5.75 Å². The van der Waals surface area contributed by atoms with E-state index in [-0.39, 0.29) is 0 Å². The summed E-state index contributed by atoms with van der Waals surface area (Å²) in [6.07, 6.45) is 14.9. The summed E-state index contributed by atoms with van der Waals surface area (Å²) in [7, 11) is 0. The number of benzene rings is 1. The van der Waals surface area contributed by atoms with Crippen LogP contribution in [0.25, 0.3) is 0 Å². The first-order valence-corrected chi connectivity index (χ1v) is 10.1. The molecule has 1 nitrogen and oxygen atoms in total. The minimum absolute atomic E-state index is 0.761. The Morgan fingerprint density at radius 3 is 2.58 bits per heavy atom. The molecule has 1 aliphatic carbocycles. The van der Waals surface area contributed by atoms with Gasteiger partial charge in [-0.2, -0.15) is 0 Å². The second-order valence-electron chi connectivity index (χ2n) is 7.40. The average molecular weight is 329 g/mol. The van der Waals surface area contributed by atoms with Crippen LogP contribution in [0.3, 0.4) is 0 Å². The topological polar surface area (TPSA) is 9.23 Å². The third kappa shape index (κ3) is 5.69. The van der Waals surface area contributed by atoms with Crippen LogP contribution in [0.1, 0.15) is 88.7 Å². The maximum atomic E-state index is 5.95. The van der Waals surface area contributed by atoms with E-state index in [9.17, 15) is 0 Å². The summed E-state index contributed by atoms with van der Waals surface area (Å²) in [6.45, 7) is 9.08. The van der Waals surface area contributed by atoms with E-state index in [2.05, 4.69) is 44.7 Å². The number of unbranched alkanes of at least 4 members (excludes halogenated alkanes) is 1. The molecule has 24 heavy (non-hydrogen) atoms. The van der Waals surface area contributed by atoms with E-state index < -0.39 is 0 Å². The van der Waals surface area contributed by atoms with Crippen LogP contribution < -0.4 is 4.74 Å². The van der Waals surface area contributed by atoms with E-state index in [1.165, 1.54) is 56.9 Å². The zero-order valence-corrected chi connectivity index (χ0v) is 15.9. The SMILES string of the molecule is C=CCCC[C@H]1CC[C@H](c2ccc(OCCC)c(CCC)c2)CC1. The van der Waals surface area contributed by atoms with Gasteiger partial charge in [0.15, 0.2) is 0 Å². The van der Waals surface area contributed by atoms with Crippen molar-refractivity contribution in [3.05, 3.63) is 42.0 Å². The van der Waals surface area contributed by atoms with Crippen molar-refractivity contribution in [1.29, 1.82) is 0 Å². The molecule has 1 saturated carbocycles. The molecule has 0 aliphatic heterocycles. The molecule has 134 valence electrons. The van der Waals surface area contributed by atoms with Gasteiger partial charge in [-0.1, -0.05) is 44.9 Å². The molecule has 0 saturated heterocycles. The maximum absolute atomic E-state index is 5.95. The number of rotatable bonds is 10. The quantitative estimate of drug-likeness (QED) is 0.330. The molecule has 0 bridgehead atoms. The fourth-order valence-corrected chi connectivity index (χ4v) is 4.01. The Morgan fingerprint density at radius 2 is 1.92 bits per heavy atom. The summed E-state index contributed by atoms with van der Waals surface area (Å²) in [5, 5.41) is 0. The molecule has 0 radical (unpaired) electrons. The molecule has 0 amide bonds. The predicted molar refractivity (Wildman–Crippen MR) is 105 cm³/mol. The lowest BCUT2D eigenvalue weighted by atomic mass is 9.76. The van der Waals surface area contributed by atoms with Crippen LogP contribution in [0.15, 0.2) is 30.9 Å². The van der Waals surface area contributed by atoms with Crippen molar-refractivity contribution in [3.63, 3.8) is 0 Å². The van der Waals surface area contributed by atoms with Gasteiger partial charge in [0, 0.05) is 0 Å². The number of allylic oxidation sites excluding steroid dienone is 1. The van der Waals surface area contributed by atoms with Gasteiger partial charge in [0.25, 0.3) is 0 Å². The van der Waals surface area contributed by atoms with Crippen molar-refractivity contribution in [2.75, 3.05) is 6.61 Å². The molecule has 1 aromatic carbocycles. The van der Waals surface area contributed by atoms with Crippen molar-refractivity contribution in [2.24, 2.45) is 5.92 Å². The molecular formula is C23H36O. The Labute approximate surface area is 149 Å². The highest BCUT2D eigenvalue weighted by molar-refractivity contribution is 5.39. The molecular weight excluding hydrogens is 292 g/mol. The first-order valence-electron chi connectivity index (χ1n) is 10.1. The molecule has 1 aromatic rings. The Kier molecular flexibility index (Phi) is 8.42. The largest absolute Gasteiger partial charge is 0.493 e. The van der Waals surface area contributed by atoms with Crippen LogP contribution >= 0.6 is 0 Å². The number of ether oxygens (including phenoxy) is 1. The standard InChI is InChI=1S/C23H36O/c1-4-7-8-10-19-11-13-20(14-12-19)21-15-16-23(24-17-6-3)22(18-21)9-5-2/h4,15-16,18-20H,1,5-14,17H2,2-3H3/t19-,20-. The van der Waals surface area contributed by atoms with Gasteiger partial charge in [0.05, 0.1) is 6.61 Å². The molecule has 0 N–H and O–H groups in total. The highest BCUT2D eigenvalue weighted by atomic mass is 16.5. The summed E-state index contributed by atoms with van der Waals surface area (Å²) >= 11 is 0. The third-order valence-corrected chi connectivity index (χ3v) is 5.40. The fraction of sp³-hybridized carbons (Fsp3) is 0.652. The number of hydrogen-bond acceptors (Lipinski definition) is 1. The van der Waals surface area contributed by atoms with Gasteiger partial charge in [0.2, 0.25) is 0 Å². The van der Waals surface area contributed by atoms with E-state index in [0.29, 0.717) is 0 Å².